The summed E-state index contributed by atoms with van der Waals surface area (Å²) in [7, 11) is 1.91. The van der Waals surface area contributed by atoms with Gasteiger partial charge in [-0.25, -0.2) is 9.59 Å². The molecule has 0 unspecified atom stereocenters. The molecule has 0 aliphatic carbocycles. The van der Waals surface area contributed by atoms with Crippen LogP contribution >= 0.6 is 0 Å². The van der Waals surface area contributed by atoms with Crippen molar-refractivity contribution in [3.05, 3.63) is 126 Å². The van der Waals surface area contributed by atoms with Gasteiger partial charge in [-0.1, -0.05) is 72.8 Å². The molecular weight excluding hydrogens is 1050 g/mol. The second-order valence-corrected chi connectivity index (χ2v) is 17.5. The van der Waals surface area contributed by atoms with Crippen LogP contribution in [0.1, 0.15) is 61.1 Å². The quantitative estimate of drug-likeness (QED) is 0.0183. The number of nitrogens with one attached hydrogen (secondary N) is 7. The first-order valence-corrected chi connectivity index (χ1v) is 25.7. The molecule has 0 radical (unpaired) electrons. The third-order valence-electron chi connectivity index (χ3n) is 11.2. The Hall–Kier alpha value is -8.36. The number of aliphatic imine (C=N–C) groups is 1. The number of carbonyl (C=O) groups excluding carboxylic acids is 6. The first-order chi connectivity index (χ1) is 38.4. The van der Waals surface area contributed by atoms with Crippen molar-refractivity contribution in [2.45, 2.75) is 63.2 Å². The number of aromatic nitrogens is 1. The van der Waals surface area contributed by atoms with Gasteiger partial charge in [-0.05, 0) is 73.1 Å². The molecule has 1 heterocycles. The Morgan fingerprint density at radius 2 is 1.18 bits per heavy atom. The number of unbranched alkanes of at least 4 members (excludes halogenated alkanes) is 1. The molecule has 0 fully saturated rings. The summed E-state index contributed by atoms with van der Waals surface area (Å²) in [6.07, 6.45) is 1.03. The monoisotopic (exact) mass is 1120 g/mol. The average Bonchev–Trinajstić information content (AvgIpc) is 3.44. The lowest BCUT2D eigenvalue weighted by molar-refractivity contribution is -0.192. The number of phenolic OH excluding ortho intramolecular Hbond substituents is 1. The van der Waals surface area contributed by atoms with Crippen molar-refractivity contribution in [2.75, 3.05) is 90.9 Å². The molecule has 1 aromatic heterocycles. The molecular formula is C54H72F3N11O12. The molecule has 0 bridgehead atoms. The molecule has 23 nitrogen and oxygen atoms in total. The molecule has 0 spiro atoms. The van der Waals surface area contributed by atoms with Crippen molar-refractivity contribution < 1.29 is 71.2 Å². The zero-order chi connectivity index (χ0) is 58.4. The van der Waals surface area contributed by atoms with Gasteiger partial charge in [0, 0.05) is 77.4 Å². The molecule has 0 saturated heterocycles. The smallest absolute Gasteiger partial charge is 0.490 e. The summed E-state index contributed by atoms with van der Waals surface area (Å²) in [6.45, 7) is 3.13. The van der Waals surface area contributed by atoms with Crippen LogP contribution in [-0.2, 0) is 49.5 Å². The first kappa shape index (κ1) is 65.9. The number of carboxylic acid groups (broad SMARTS) is 1. The fraction of sp³-hybridized carbons (Fsp3) is 0.426. The SMILES string of the molecule is CN(CCC(=O)NCCCNC(=O)COCCOCCOCC(=O)NCCCCNC(=O)NC(N)=NCCC[C@@H](NC(=O)C(c1ccccc1)c1ccccc1)C(=O)NCc1ccc(O)cc1)c1ccncc1.O=C(O)C(F)(F)F. The number of nitrogens with two attached hydrogens (primary N) is 1. The Balaban J connectivity index is 0.00000224. The van der Waals surface area contributed by atoms with Crippen molar-refractivity contribution >= 4 is 53.2 Å². The van der Waals surface area contributed by atoms with Gasteiger partial charge in [0.05, 0.1) is 32.3 Å². The van der Waals surface area contributed by atoms with E-state index >= 15 is 0 Å². The number of phenols is 1. The zero-order valence-electron chi connectivity index (χ0n) is 44.5. The van der Waals surface area contributed by atoms with Gasteiger partial charge in [-0.2, -0.15) is 13.2 Å². The second kappa shape index (κ2) is 38.2. The van der Waals surface area contributed by atoms with E-state index in [1.54, 1.807) is 24.5 Å². The van der Waals surface area contributed by atoms with E-state index in [0.717, 1.165) is 22.4 Å². The van der Waals surface area contributed by atoms with Crippen LogP contribution in [0.3, 0.4) is 0 Å². The number of nitrogens with zero attached hydrogens (tertiary/aromatic N) is 3. The molecule has 0 aliphatic heterocycles. The van der Waals surface area contributed by atoms with Crippen molar-refractivity contribution in [2.24, 2.45) is 10.7 Å². The molecule has 0 saturated carbocycles. The summed E-state index contributed by atoms with van der Waals surface area (Å²) in [5.41, 5.74) is 9.27. The minimum atomic E-state index is -5.08. The lowest BCUT2D eigenvalue weighted by atomic mass is 9.90. The number of hydrogen-bond donors (Lipinski definition) is 10. The van der Waals surface area contributed by atoms with E-state index in [1.807, 2.05) is 84.7 Å². The highest BCUT2D eigenvalue weighted by Gasteiger charge is 2.38. The predicted octanol–water partition coefficient (Wildman–Crippen LogP) is 2.84. The van der Waals surface area contributed by atoms with Crippen molar-refractivity contribution in [3.63, 3.8) is 0 Å². The average molecular weight is 1120 g/mol. The van der Waals surface area contributed by atoms with E-state index in [1.165, 1.54) is 12.1 Å². The molecule has 7 amide bonds. The van der Waals surface area contributed by atoms with Crippen LogP contribution in [0.25, 0.3) is 0 Å². The van der Waals surface area contributed by atoms with Crippen molar-refractivity contribution in [3.8, 4) is 5.75 Å². The van der Waals surface area contributed by atoms with Gasteiger partial charge >= 0.3 is 18.2 Å². The molecule has 80 heavy (non-hydrogen) atoms. The largest absolute Gasteiger partial charge is 0.508 e. The number of aliphatic carboxylic acids is 1. The van der Waals surface area contributed by atoms with Crippen LogP contribution in [0.2, 0.25) is 0 Å². The zero-order valence-corrected chi connectivity index (χ0v) is 44.5. The van der Waals surface area contributed by atoms with Gasteiger partial charge in [0.15, 0.2) is 5.96 Å². The van der Waals surface area contributed by atoms with Crippen LogP contribution in [0.5, 0.6) is 5.75 Å². The van der Waals surface area contributed by atoms with Crippen molar-refractivity contribution in [1.29, 1.82) is 0 Å². The summed E-state index contributed by atoms with van der Waals surface area (Å²) in [6, 6.07) is 27.4. The molecule has 436 valence electrons. The Kier molecular flexibility index (Phi) is 31.5. The van der Waals surface area contributed by atoms with E-state index in [9.17, 15) is 47.0 Å². The minimum Gasteiger partial charge on any atom is -0.508 e. The first-order valence-electron chi connectivity index (χ1n) is 25.7. The Morgan fingerprint density at radius 1 is 0.662 bits per heavy atom. The van der Waals surface area contributed by atoms with Crippen LogP contribution in [-0.4, -0.2) is 161 Å². The van der Waals surface area contributed by atoms with Gasteiger partial charge in [0.1, 0.15) is 25.0 Å². The molecule has 0 aliphatic rings. The number of aromatic hydroxyl groups is 1. The maximum Gasteiger partial charge on any atom is 0.490 e. The molecule has 1 atom stereocenters. The highest BCUT2D eigenvalue weighted by molar-refractivity contribution is 5.95. The minimum absolute atomic E-state index is 0.0581. The summed E-state index contributed by atoms with van der Waals surface area (Å²) in [5.74, 6) is -4.77. The number of hydrogen-bond acceptors (Lipinski definition) is 14. The van der Waals surface area contributed by atoms with Crippen LogP contribution in [0.4, 0.5) is 23.7 Å². The summed E-state index contributed by atoms with van der Waals surface area (Å²) in [4.78, 5) is 95.2. The van der Waals surface area contributed by atoms with E-state index < -0.39 is 36.0 Å². The number of anilines is 1. The number of alkyl halides is 3. The highest BCUT2D eigenvalue weighted by atomic mass is 19.4. The number of rotatable bonds is 34. The number of carboxylic acids is 1. The Labute approximate surface area is 462 Å². The second-order valence-electron chi connectivity index (χ2n) is 17.5. The molecule has 4 aromatic rings. The van der Waals surface area contributed by atoms with E-state index in [-0.39, 0.29) is 94.5 Å². The third kappa shape index (κ3) is 29.4. The normalized spacial score (nSPS) is 11.5. The van der Waals surface area contributed by atoms with Gasteiger partial charge in [-0.15, -0.1) is 0 Å². The van der Waals surface area contributed by atoms with Gasteiger partial charge in [0.25, 0.3) is 0 Å². The molecule has 11 N–H and O–H groups in total. The lowest BCUT2D eigenvalue weighted by Crippen LogP contribution is -2.48. The summed E-state index contributed by atoms with van der Waals surface area (Å²) < 4.78 is 47.8. The van der Waals surface area contributed by atoms with Crippen molar-refractivity contribution in [1.82, 2.24) is 42.2 Å². The van der Waals surface area contributed by atoms with Crippen LogP contribution < -0.4 is 47.9 Å². The molecule has 26 heteroatoms. The number of urea groups is 1. The Morgan fingerprint density at radius 3 is 1.73 bits per heavy atom. The number of benzene rings is 3. The highest BCUT2D eigenvalue weighted by Crippen LogP contribution is 2.25. The Bertz CT molecular complexity index is 2460. The van der Waals surface area contributed by atoms with Gasteiger partial charge < -0.3 is 67.0 Å². The number of amides is 7. The molecule has 4 rings (SSSR count). The standard InChI is InChI=1S/C52H71N11O10.C2HF3O2/c1-63(42-21-29-54-30-22-42)31-23-45(65)55-27-11-28-57-47(67)38-73-35-33-71-32-34-72-37-46(66)56-24-8-9-25-59-52(70)62-51(53)58-26-10-16-44(49(68)60-36-39-17-19-43(64)20-18-39)61-50(69)48(40-12-4-2-5-13-40)41-14-6-3-7-15-41;3-2(4,5)1(6)7/h2-7,12-15,17-22,29-30,44,48,64H,8-11,16,23-28,31-38H2,1H3,(H,55,65)(H,56,66)(H,57,67)(H,60,68)(H,61,69)(H4,53,58,59,62,70);(H,6,7)/t44-;/m1./s1. The van der Waals surface area contributed by atoms with Gasteiger partial charge in [-0.3, -0.25) is 39.3 Å². The van der Waals surface area contributed by atoms with Gasteiger partial charge in [0.2, 0.25) is 29.5 Å². The molecule has 3 aromatic carbocycles. The number of guanidine groups is 1. The summed E-state index contributed by atoms with van der Waals surface area (Å²) >= 11 is 0. The fourth-order valence-corrected chi connectivity index (χ4v) is 7.01. The maximum absolute atomic E-state index is 13.9. The topological polar surface area (TPSA) is 326 Å². The summed E-state index contributed by atoms with van der Waals surface area (Å²) in [5, 5.41) is 36.1. The number of pyridine rings is 1. The van der Waals surface area contributed by atoms with Crippen LogP contribution in [0, 0.1) is 0 Å². The predicted molar refractivity (Wildman–Crippen MR) is 290 cm³/mol. The van der Waals surface area contributed by atoms with Crippen LogP contribution in [0.15, 0.2) is 114 Å². The third-order valence-corrected chi connectivity index (χ3v) is 11.2. The number of halogens is 3. The van der Waals surface area contributed by atoms with E-state index in [0.29, 0.717) is 64.8 Å². The maximum atomic E-state index is 13.9. The van der Waals surface area contributed by atoms with E-state index in [4.69, 9.17) is 29.8 Å². The lowest BCUT2D eigenvalue weighted by Gasteiger charge is -2.23. The number of ether oxygens (including phenoxy) is 3. The van der Waals surface area contributed by atoms with E-state index in [2.05, 4.69) is 47.2 Å². The fourth-order valence-electron chi connectivity index (χ4n) is 7.01. The number of carbonyl (C=O) groups is 7.